The first-order valence-corrected chi connectivity index (χ1v) is 20.3. The van der Waals surface area contributed by atoms with E-state index in [0.717, 1.165) is 0 Å². The molecule has 9 rings (SSSR count). The van der Waals surface area contributed by atoms with E-state index < -0.39 is 35.1 Å². The van der Waals surface area contributed by atoms with Gasteiger partial charge in [-0.15, -0.1) is 0 Å². The van der Waals surface area contributed by atoms with Crippen molar-refractivity contribution in [2.24, 2.45) is 0 Å². The van der Waals surface area contributed by atoms with E-state index in [0.29, 0.717) is 39.8 Å². The van der Waals surface area contributed by atoms with Crippen LogP contribution in [0.4, 0.5) is 34.1 Å². The van der Waals surface area contributed by atoms with Crippen LogP contribution in [0.5, 0.6) is 0 Å². The Morgan fingerprint density at radius 2 is 1.00 bits per heavy atom. The van der Waals surface area contributed by atoms with E-state index in [4.69, 9.17) is 0 Å². The third kappa shape index (κ3) is 4.00. The minimum Gasteiger partial charge on any atom is -0.343 e. The van der Waals surface area contributed by atoms with Crippen molar-refractivity contribution in [1.82, 2.24) is 0 Å². The molecule has 0 fully saturated rings. The van der Waals surface area contributed by atoms with E-state index in [1.165, 1.54) is 0 Å². The van der Waals surface area contributed by atoms with Crippen LogP contribution in [0.2, 0.25) is 0 Å². The summed E-state index contributed by atoms with van der Waals surface area (Å²) in [5, 5.41) is 0. The van der Waals surface area contributed by atoms with Gasteiger partial charge in [0.25, 0.3) is 0 Å². The maximum Gasteiger partial charge on any atom is 0.210 e. The molecule has 9 nitrogen and oxygen atoms in total. The van der Waals surface area contributed by atoms with Gasteiger partial charge in [0.15, 0.2) is 0 Å². The number of nitrogens with zero attached hydrogens (tertiary/aromatic N) is 3. The zero-order valence-corrected chi connectivity index (χ0v) is 29.3. The number of hydrogen-bond donors (Lipinski definition) is 0. The Morgan fingerprint density at radius 3 is 1.52 bits per heavy atom. The summed E-state index contributed by atoms with van der Waals surface area (Å²) >= 11 is 0. The number of para-hydroxylation sites is 4. The average molecular weight is 720 g/mol. The summed E-state index contributed by atoms with van der Waals surface area (Å²) in [5.74, 6) is 0. The molecule has 5 aromatic carbocycles. The van der Waals surface area contributed by atoms with Crippen LogP contribution in [0.25, 0.3) is 0 Å². The Hall–Kier alpha value is -5.17. The van der Waals surface area contributed by atoms with Gasteiger partial charge in [-0.3, -0.25) is 0 Å². The molecular formula is C38H29N3O6S3. The molecule has 0 spiro atoms. The molecule has 4 aliphatic rings. The number of allylic oxidation sites excluding steroid dienone is 1. The van der Waals surface area contributed by atoms with Crippen LogP contribution in [0.1, 0.15) is 13.3 Å². The highest BCUT2D eigenvalue weighted by molar-refractivity contribution is 7.95. The molecule has 1 aliphatic carbocycles. The first-order valence-electron chi connectivity index (χ1n) is 15.9. The summed E-state index contributed by atoms with van der Waals surface area (Å²) < 4.78 is 84.3. The Labute approximate surface area is 290 Å². The van der Waals surface area contributed by atoms with Crippen molar-refractivity contribution < 1.29 is 25.3 Å². The summed E-state index contributed by atoms with van der Waals surface area (Å²) in [5.41, 5.74) is 2.37. The van der Waals surface area contributed by atoms with Gasteiger partial charge in [-0.05, 0) is 79.7 Å². The standard InChI is InChI=1S/C38H29N3O6S3/c1-38(41-30-13-5-9-17-34(30)49(44,45)35-18-10-6-14-31(35)41)22-21-27-37(24-38)50(46,47)36-23-25(19-20-26(36)39(27)2)40-28-11-3-7-15-32(28)48(42,43)33-16-8-4-12-29(33)40/h3-23H,24H2,1-2H3. The highest BCUT2D eigenvalue weighted by Crippen LogP contribution is 2.54. The first-order chi connectivity index (χ1) is 23.9. The molecule has 0 aromatic heterocycles. The summed E-state index contributed by atoms with van der Waals surface area (Å²) in [7, 11) is -9.89. The van der Waals surface area contributed by atoms with Gasteiger partial charge >= 0.3 is 0 Å². The van der Waals surface area contributed by atoms with E-state index in [1.54, 1.807) is 120 Å². The van der Waals surface area contributed by atoms with Gasteiger partial charge < -0.3 is 14.7 Å². The molecule has 0 bridgehead atoms. The molecular weight excluding hydrogens is 691 g/mol. The molecule has 3 heterocycles. The second kappa shape index (κ2) is 10.2. The summed E-state index contributed by atoms with van der Waals surface area (Å²) in [6.45, 7) is 1.92. The maximum atomic E-state index is 14.8. The second-order valence-electron chi connectivity index (χ2n) is 12.9. The molecule has 0 N–H and O–H groups in total. The smallest absolute Gasteiger partial charge is 0.210 e. The molecule has 3 aliphatic heterocycles. The van der Waals surface area contributed by atoms with Crippen LogP contribution in [-0.2, 0) is 29.5 Å². The van der Waals surface area contributed by atoms with Crippen molar-refractivity contribution >= 4 is 63.6 Å². The lowest BCUT2D eigenvalue weighted by molar-refractivity contribution is 0.535. The van der Waals surface area contributed by atoms with Gasteiger partial charge in [0, 0.05) is 19.2 Å². The first kappa shape index (κ1) is 30.9. The van der Waals surface area contributed by atoms with E-state index in [1.807, 2.05) is 35.9 Å². The van der Waals surface area contributed by atoms with Crippen LogP contribution >= 0.6 is 0 Å². The van der Waals surface area contributed by atoms with Crippen LogP contribution in [0.3, 0.4) is 0 Å². The monoisotopic (exact) mass is 719 g/mol. The summed E-state index contributed by atoms with van der Waals surface area (Å²) in [6, 6.07) is 32.2. The van der Waals surface area contributed by atoms with Crippen LogP contribution in [0, 0.1) is 0 Å². The lowest BCUT2D eigenvalue weighted by atomic mass is 9.88. The zero-order valence-electron chi connectivity index (χ0n) is 26.8. The molecule has 250 valence electrons. The zero-order chi connectivity index (χ0) is 34.8. The Bertz CT molecular complexity index is 2630. The number of likely N-dealkylation sites (N-methyl/N-ethyl adjacent to an activating group) is 1. The number of hydrogen-bond acceptors (Lipinski definition) is 9. The minimum absolute atomic E-state index is 0.0610. The predicted octanol–water partition coefficient (Wildman–Crippen LogP) is 7.44. The van der Waals surface area contributed by atoms with E-state index in [-0.39, 0.29) is 35.8 Å². The van der Waals surface area contributed by atoms with Crippen LogP contribution in [0.15, 0.2) is 162 Å². The van der Waals surface area contributed by atoms with Crippen molar-refractivity contribution in [2.45, 2.75) is 43.4 Å². The Morgan fingerprint density at radius 1 is 0.540 bits per heavy atom. The number of anilines is 6. The van der Waals surface area contributed by atoms with Gasteiger partial charge in [0.2, 0.25) is 29.5 Å². The van der Waals surface area contributed by atoms with Crippen molar-refractivity contribution in [3.8, 4) is 0 Å². The molecule has 5 aromatic rings. The molecule has 1 unspecified atom stereocenters. The van der Waals surface area contributed by atoms with Crippen molar-refractivity contribution in [2.75, 3.05) is 21.7 Å². The topological polar surface area (TPSA) is 112 Å². The molecule has 0 saturated heterocycles. The molecule has 0 saturated carbocycles. The van der Waals surface area contributed by atoms with Crippen molar-refractivity contribution in [3.05, 3.63) is 138 Å². The third-order valence-electron chi connectivity index (χ3n) is 10.0. The van der Waals surface area contributed by atoms with Gasteiger partial charge in [-0.25, -0.2) is 25.3 Å². The van der Waals surface area contributed by atoms with Gasteiger partial charge in [0.05, 0.1) is 69.1 Å². The number of sulfone groups is 3. The summed E-state index contributed by atoms with van der Waals surface area (Å²) in [4.78, 5) is 6.49. The van der Waals surface area contributed by atoms with Gasteiger partial charge in [-0.1, -0.05) is 54.6 Å². The molecule has 0 amide bonds. The maximum absolute atomic E-state index is 14.8. The number of fused-ring (bicyclic) bond motifs is 5. The fourth-order valence-corrected chi connectivity index (χ4v) is 12.9. The summed E-state index contributed by atoms with van der Waals surface area (Å²) in [6.07, 6.45) is 3.82. The van der Waals surface area contributed by atoms with Crippen LogP contribution < -0.4 is 14.7 Å². The molecule has 0 radical (unpaired) electrons. The normalized spacial score (nSPS) is 21.7. The number of benzene rings is 5. The number of rotatable bonds is 2. The van der Waals surface area contributed by atoms with Crippen LogP contribution in [-0.4, -0.2) is 37.8 Å². The molecule has 1 atom stereocenters. The van der Waals surface area contributed by atoms with E-state index in [2.05, 4.69) is 0 Å². The van der Waals surface area contributed by atoms with Crippen molar-refractivity contribution in [1.29, 1.82) is 0 Å². The SMILES string of the molecule is CN1C2=C(CC(C)(N3c4ccccc4S(=O)(=O)c4ccccc43)C=C2)S(=O)(=O)c2cc(N3c4ccccc4S(=O)(=O)c4ccccc43)ccc21. The molecule has 50 heavy (non-hydrogen) atoms. The quantitative estimate of drug-likeness (QED) is 0.180. The lowest BCUT2D eigenvalue weighted by Crippen LogP contribution is -2.47. The average Bonchev–Trinajstić information content (AvgIpc) is 3.11. The lowest BCUT2D eigenvalue weighted by Gasteiger charge is -2.47. The fraction of sp³-hybridized carbons (Fsp3) is 0.105. The van der Waals surface area contributed by atoms with Gasteiger partial charge in [-0.2, -0.15) is 0 Å². The highest BCUT2D eigenvalue weighted by Gasteiger charge is 2.47. The second-order valence-corrected chi connectivity index (χ2v) is 18.7. The highest BCUT2D eigenvalue weighted by atomic mass is 32.2. The third-order valence-corrected chi connectivity index (χ3v) is 15.6. The Kier molecular flexibility index (Phi) is 6.29. The van der Waals surface area contributed by atoms with E-state index >= 15 is 0 Å². The van der Waals surface area contributed by atoms with E-state index in [9.17, 15) is 25.3 Å². The fourth-order valence-electron chi connectivity index (χ4n) is 7.71. The largest absolute Gasteiger partial charge is 0.343 e. The van der Waals surface area contributed by atoms with Gasteiger partial charge in [0.1, 0.15) is 0 Å². The predicted molar refractivity (Wildman–Crippen MR) is 192 cm³/mol. The van der Waals surface area contributed by atoms with Crippen molar-refractivity contribution in [3.63, 3.8) is 0 Å². The minimum atomic E-state index is -4.11. The molecule has 12 heteroatoms. The Balaban J connectivity index is 1.18.